The Morgan fingerprint density at radius 1 is 0.784 bits per heavy atom. The second-order valence-electron chi connectivity index (χ2n) is 8.87. The van der Waals surface area contributed by atoms with Gasteiger partial charge in [0.25, 0.3) is 5.91 Å². The SMILES string of the molecule is CCOc1cc([C@@H]2[C@H]3C(=O)N(c4ccccc4OCC)C(=O)[C@H]3ON2C)ccc1OCc1ccccc1. The average Bonchev–Trinajstić information content (AvgIpc) is 3.37. The standard InChI is InChI=1S/C29H30N2O6/c1-4-34-22-14-10-9-13-21(22)31-28(32)25-26(30(3)37-27(25)29(31)33)20-15-16-23(24(17-20)35-5-2)36-18-19-11-7-6-8-12-19/h6-17,25-27H,4-5,18H2,1-3H3/t25-,26-,27+/m1/s1. The van der Waals surface area contributed by atoms with Gasteiger partial charge < -0.3 is 14.2 Å². The number of para-hydroxylation sites is 2. The first-order valence-corrected chi connectivity index (χ1v) is 12.5. The van der Waals surface area contributed by atoms with E-state index in [-0.39, 0.29) is 5.91 Å². The molecule has 3 aromatic rings. The first-order chi connectivity index (χ1) is 18.0. The highest BCUT2D eigenvalue weighted by molar-refractivity contribution is 6.24. The van der Waals surface area contributed by atoms with Crippen LogP contribution in [0.1, 0.15) is 31.0 Å². The number of fused-ring (bicyclic) bond motifs is 1. The number of anilines is 1. The summed E-state index contributed by atoms with van der Waals surface area (Å²) in [5.41, 5.74) is 2.27. The van der Waals surface area contributed by atoms with E-state index in [1.807, 2.05) is 68.4 Å². The fraction of sp³-hybridized carbons (Fsp3) is 0.310. The molecule has 37 heavy (non-hydrogen) atoms. The van der Waals surface area contributed by atoms with Gasteiger partial charge in [0.05, 0.1) is 30.9 Å². The van der Waals surface area contributed by atoms with Crippen LogP contribution < -0.4 is 19.1 Å². The van der Waals surface area contributed by atoms with Gasteiger partial charge in [-0.3, -0.25) is 14.4 Å². The molecule has 0 saturated carbocycles. The fourth-order valence-electron chi connectivity index (χ4n) is 4.96. The summed E-state index contributed by atoms with van der Waals surface area (Å²) in [5, 5.41) is 1.59. The molecule has 3 aromatic carbocycles. The minimum Gasteiger partial charge on any atom is -0.492 e. The molecule has 0 spiro atoms. The van der Waals surface area contributed by atoms with E-state index in [1.165, 1.54) is 4.90 Å². The van der Waals surface area contributed by atoms with E-state index in [1.54, 1.807) is 30.3 Å². The number of carbonyl (C=O) groups excluding carboxylic acids is 2. The quantitative estimate of drug-likeness (QED) is 0.398. The van der Waals surface area contributed by atoms with Crippen molar-refractivity contribution in [3.8, 4) is 17.2 Å². The number of hydroxylamine groups is 2. The Labute approximate surface area is 216 Å². The Hall–Kier alpha value is -3.88. The summed E-state index contributed by atoms with van der Waals surface area (Å²) in [6.07, 6.45) is -0.915. The van der Waals surface area contributed by atoms with Crippen LogP contribution in [-0.4, -0.2) is 43.2 Å². The van der Waals surface area contributed by atoms with E-state index in [2.05, 4.69) is 0 Å². The molecule has 0 bridgehead atoms. The highest BCUT2D eigenvalue weighted by atomic mass is 16.7. The summed E-state index contributed by atoms with van der Waals surface area (Å²) >= 11 is 0. The van der Waals surface area contributed by atoms with Gasteiger partial charge in [-0.1, -0.05) is 48.5 Å². The third kappa shape index (κ3) is 4.65. The molecular formula is C29H30N2O6. The average molecular weight is 503 g/mol. The lowest BCUT2D eigenvalue weighted by molar-refractivity contribution is -0.160. The lowest BCUT2D eigenvalue weighted by Gasteiger charge is -2.25. The molecule has 0 radical (unpaired) electrons. The molecule has 0 aromatic heterocycles. The van der Waals surface area contributed by atoms with Gasteiger partial charge in [0.2, 0.25) is 5.91 Å². The number of amides is 2. The maximum Gasteiger partial charge on any atom is 0.266 e. The van der Waals surface area contributed by atoms with Crippen LogP contribution in [0.2, 0.25) is 0 Å². The van der Waals surface area contributed by atoms with E-state index < -0.39 is 24.0 Å². The smallest absolute Gasteiger partial charge is 0.266 e. The summed E-state index contributed by atoms with van der Waals surface area (Å²) in [5.74, 6) is 0.229. The van der Waals surface area contributed by atoms with E-state index in [4.69, 9.17) is 19.0 Å². The van der Waals surface area contributed by atoms with Crippen LogP contribution in [0.15, 0.2) is 72.8 Å². The number of benzene rings is 3. The largest absolute Gasteiger partial charge is 0.492 e. The van der Waals surface area contributed by atoms with Crippen LogP contribution in [0.3, 0.4) is 0 Å². The Morgan fingerprint density at radius 3 is 2.24 bits per heavy atom. The molecule has 2 saturated heterocycles. The van der Waals surface area contributed by atoms with Gasteiger partial charge in [-0.05, 0) is 49.2 Å². The third-order valence-electron chi connectivity index (χ3n) is 6.56. The maximum atomic E-state index is 13.7. The number of carbonyl (C=O) groups is 2. The van der Waals surface area contributed by atoms with Crippen LogP contribution >= 0.6 is 0 Å². The Balaban J connectivity index is 1.43. The van der Waals surface area contributed by atoms with Gasteiger partial charge in [-0.15, -0.1) is 0 Å². The number of hydrogen-bond acceptors (Lipinski definition) is 7. The van der Waals surface area contributed by atoms with Gasteiger partial charge in [-0.25, -0.2) is 4.90 Å². The second kappa shape index (κ2) is 10.6. The Morgan fingerprint density at radius 2 is 1.49 bits per heavy atom. The van der Waals surface area contributed by atoms with Crippen LogP contribution in [0.5, 0.6) is 17.2 Å². The second-order valence-corrected chi connectivity index (χ2v) is 8.87. The molecule has 2 aliphatic heterocycles. The summed E-state index contributed by atoms with van der Waals surface area (Å²) in [6.45, 7) is 5.03. The van der Waals surface area contributed by atoms with Crippen LogP contribution in [0.25, 0.3) is 0 Å². The molecule has 5 rings (SSSR count). The molecule has 2 fully saturated rings. The molecule has 0 aliphatic carbocycles. The lowest BCUT2D eigenvalue weighted by Crippen LogP contribution is -2.36. The topological polar surface area (TPSA) is 77.5 Å². The van der Waals surface area contributed by atoms with Gasteiger partial charge in [0.1, 0.15) is 12.4 Å². The molecule has 192 valence electrons. The van der Waals surface area contributed by atoms with Crippen molar-refractivity contribution in [3.63, 3.8) is 0 Å². The molecule has 8 heteroatoms. The van der Waals surface area contributed by atoms with Gasteiger partial charge in [0.15, 0.2) is 17.6 Å². The molecule has 2 heterocycles. The minimum absolute atomic E-state index is 0.320. The number of imide groups is 1. The zero-order chi connectivity index (χ0) is 25.9. The number of ether oxygens (including phenoxy) is 3. The number of hydrogen-bond donors (Lipinski definition) is 0. The van der Waals surface area contributed by atoms with Crippen molar-refractivity contribution >= 4 is 17.5 Å². The summed E-state index contributed by atoms with van der Waals surface area (Å²) in [6, 6.07) is 22.1. The molecule has 3 atom stereocenters. The molecule has 8 nitrogen and oxygen atoms in total. The lowest BCUT2D eigenvalue weighted by atomic mass is 9.91. The van der Waals surface area contributed by atoms with Crippen molar-refractivity contribution in [1.82, 2.24) is 5.06 Å². The Bertz CT molecular complexity index is 1280. The van der Waals surface area contributed by atoms with E-state index in [0.717, 1.165) is 11.1 Å². The van der Waals surface area contributed by atoms with Crippen LogP contribution in [-0.2, 0) is 21.0 Å². The predicted octanol–water partition coefficient (Wildman–Crippen LogP) is 4.54. The first kappa shape index (κ1) is 24.8. The van der Waals surface area contributed by atoms with Gasteiger partial charge >= 0.3 is 0 Å². The zero-order valence-electron chi connectivity index (χ0n) is 21.1. The van der Waals surface area contributed by atoms with Crippen molar-refractivity contribution in [1.29, 1.82) is 0 Å². The highest BCUT2D eigenvalue weighted by Crippen LogP contribution is 2.47. The van der Waals surface area contributed by atoms with Crippen molar-refractivity contribution in [2.45, 2.75) is 32.6 Å². The predicted molar refractivity (Wildman–Crippen MR) is 137 cm³/mol. The zero-order valence-corrected chi connectivity index (χ0v) is 21.1. The molecule has 0 unspecified atom stereocenters. The number of rotatable bonds is 9. The van der Waals surface area contributed by atoms with Crippen LogP contribution in [0, 0.1) is 5.92 Å². The minimum atomic E-state index is -0.915. The van der Waals surface area contributed by atoms with Crippen LogP contribution in [0.4, 0.5) is 5.69 Å². The summed E-state index contributed by atoms with van der Waals surface area (Å²) in [7, 11) is 1.74. The summed E-state index contributed by atoms with van der Waals surface area (Å²) < 4.78 is 17.6. The van der Waals surface area contributed by atoms with Gasteiger partial charge in [-0.2, -0.15) is 5.06 Å². The van der Waals surface area contributed by atoms with E-state index in [0.29, 0.717) is 42.8 Å². The number of nitrogens with zero attached hydrogens (tertiary/aromatic N) is 2. The van der Waals surface area contributed by atoms with Crippen molar-refractivity contribution in [2.75, 3.05) is 25.2 Å². The Kier molecular flexibility index (Phi) is 7.12. The molecule has 0 N–H and O–H groups in total. The van der Waals surface area contributed by atoms with Gasteiger partial charge in [0, 0.05) is 7.05 Å². The summed E-state index contributed by atoms with van der Waals surface area (Å²) in [4.78, 5) is 34.2. The third-order valence-corrected chi connectivity index (χ3v) is 6.56. The van der Waals surface area contributed by atoms with E-state index in [9.17, 15) is 9.59 Å². The van der Waals surface area contributed by atoms with E-state index >= 15 is 0 Å². The molecule has 2 amide bonds. The highest BCUT2D eigenvalue weighted by Gasteiger charge is 2.59. The van der Waals surface area contributed by atoms with Crippen molar-refractivity contribution in [3.05, 3.63) is 83.9 Å². The molecule has 2 aliphatic rings. The first-order valence-electron chi connectivity index (χ1n) is 12.5. The molecular weight excluding hydrogens is 472 g/mol. The monoisotopic (exact) mass is 502 g/mol. The normalized spacial score (nSPS) is 21.3. The van der Waals surface area contributed by atoms with Crippen molar-refractivity contribution < 1.29 is 28.6 Å². The van der Waals surface area contributed by atoms with Crippen molar-refractivity contribution in [2.24, 2.45) is 5.92 Å². The fourth-order valence-corrected chi connectivity index (χ4v) is 4.96. The maximum absolute atomic E-state index is 13.7.